The van der Waals surface area contributed by atoms with Gasteiger partial charge in [0.1, 0.15) is 5.75 Å². The topological polar surface area (TPSA) is 55.0 Å². The highest BCUT2D eigenvalue weighted by Crippen LogP contribution is 2.26. The second kappa shape index (κ2) is 5.30. The SMILES string of the molecule is COc1cccc(-c2cc(-c3cccs3)[nH]c(=O)n2)c1. The van der Waals surface area contributed by atoms with Gasteiger partial charge in [0.15, 0.2) is 0 Å². The summed E-state index contributed by atoms with van der Waals surface area (Å²) in [7, 11) is 1.61. The molecule has 0 fully saturated rings. The Morgan fingerprint density at radius 2 is 2.10 bits per heavy atom. The van der Waals surface area contributed by atoms with Crippen LogP contribution in [0.15, 0.2) is 52.6 Å². The van der Waals surface area contributed by atoms with Gasteiger partial charge in [-0.2, -0.15) is 4.98 Å². The number of aromatic amines is 1. The number of nitrogens with one attached hydrogen (secondary N) is 1. The standard InChI is InChI=1S/C15H12N2O2S/c1-19-11-5-2-4-10(8-11)12-9-13(17-15(18)16-12)14-6-3-7-20-14/h2-9H,1H3,(H,16,17,18). The van der Waals surface area contributed by atoms with Gasteiger partial charge in [-0.1, -0.05) is 18.2 Å². The van der Waals surface area contributed by atoms with Gasteiger partial charge in [0.2, 0.25) is 0 Å². The van der Waals surface area contributed by atoms with E-state index in [9.17, 15) is 4.79 Å². The highest BCUT2D eigenvalue weighted by molar-refractivity contribution is 7.13. The van der Waals surface area contributed by atoms with Crippen molar-refractivity contribution < 1.29 is 4.74 Å². The summed E-state index contributed by atoms with van der Waals surface area (Å²) >= 11 is 1.57. The number of H-pyrrole nitrogens is 1. The molecular weight excluding hydrogens is 272 g/mol. The maximum atomic E-state index is 11.7. The number of hydrogen-bond donors (Lipinski definition) is 1. The fourth-order valence-corrected chi connectivity index (χ4v) is 2.65. The predicted octanol–water partition coefficient (Wildman–Crippen LogP) is 3.17. The largest absolute Gasteiger partial charge is 0.497 e. The first kappa shape index (κ1) is 12.6. The van der Waals surface area contributed by atoms with E-state index in [1.54, 1.807) is 18.4 Å². The summed E-state index contributed by atoms with van der Waals surface area (Å²) in [6, 6.07) is 13.3. The fraction of sp³-hybridized carbons (Fsp3) is 0.0667. The van der Waals surface area contributed by atoms with Crippen molar-refractivity contribution in [2.24, 2.45) is 0 Å². The summed E-state index contributed by atoms with van der Waals surface area (Å²) in [6.07, 6.45) is 0. The number of hydrogen-bond acceptors (Lipinski definition) is 4. The van der Waals surface area contributed by atoms with E-state index < -0.39 is 0 Å². The Hall–Kier alpha value is -2.40. The first-order valence-electron chi connectivity index (χ1n) is 6.06. The van der Waals surface area contributed by atoms with Gasteiger partial charge in [-0.05, 0) is 29.6 Å². The lowest BCUT2D eigenvalue weighted by Crippen LogP contribution is -2.11. The zero-order valence-corrected chi connectivity index (χ0v) is 11.6. The van der Waals surface area contributed by atoms with Crippen LogP contribution in [0.25, 0.3) is 21.8 Å². The maximum absolute atomic E-state index is 11.7. The maximum Gasteiger partial charge on any atom is 0.345 e. The zero-order chi connectivity index (χ0) is 13.9. The lowest BCUT2D eigenvalue weighted by Gasteiger charge is -2.05. The van der Waals surface area contributed by atoms with E-state index in [1.807, 2.05) is 47.8 Å². The molecular formula is C15H12N2O2S. The molecule has 0 bridgehead atoms. The summed E-state index contributed by atoms with van der Waals surface area (Å²) in [5.74, 6) is 0.738. The minimum absolute atomic E-state index is 0.353. The Labute approximate surface area is 119 Å². The Kier molecular flexibility index (Phi) is 3.35. The molecule has 2 aromatic heterocycles. The lowest BCUT2D eigenvalue weighted by molar-refractivity contribution is 0.415. The molecule has 0 saturated heterocycles. The van der Waals surface area contributed by atoms with E-state index in [0.717, 1.165) is 21.9 Å². The van der Waals surface area contributed by atoms with Crippen LogP contribution in [0.4, 0.5) is 0 Å². The molecule has 0 aliphatic carbocycles. The highest BCUT2D eigenvalue weighted by Gasteiger charge is 2.07. The Morgan fingerprint density at radius 3 is 2.85 bits per heavy atom. The van der Waals surface area contributed by atoms with Crippen LogP contribution >= 0.6 is 11.3 Å². The average Bonchev–Trinajstić information content (AvgIpc) is 3.01. The van der Waals surface area contributed by atoms with Gasteiger partial charge in [0.05, 0.1) is 23.4 Å². The Bertz CT molecular complexity index is 779. The van der Waals surface area contributed by atoms with E-state index >= 15 is 0 Å². The molecule has 20 heavy (non-hydrogen) atoms. The van der Waals surface area contributed by atoms with Gasteiger partial charge >= 0.3 is 5.69 Å². The number of aromatic nitrogens is 2. The van der Waals surface area contributed by atoms with Crippen molar-refractivity contribution in [2.45, 2.75) is 0 Å². The van der Waals surface area contributed by atoms with E-state index in [2.05, 4.69) is 9.97 Å². The van der Waals surface area contributed by atoms with Crippen LogP contribution in [-0.2, 0) is 0 Å². The van der Waals surface area contributed by atoms with Crippen molar-refractivity contribution in [2.75, 3.05) is 7.11 Å². The molecule has 3 rings (SSSR count). The molecule has 2 heterocycles. The minimum Gasteiger partial charge on any atom is -0.497 e. The normalized spacial score (nSPS) is 10.4. The van der Waals surface area contributed by atoms with Gasteiger partial charge in [-0.15, -0.1) is 11.3 Å². The molecule has 0 amide bonds. The van der Waals surface area contributed by atoms with Crippen molar-refractivity contribution in [3.63, 3.8) is 0 Å². The third-order valence-electron chi connectivity index (χ3n) is 2.90. The van der Waals surface area contributed by atoms with Crippen LogP contribution in [0.1, 0.15) is 0 Å². The molecule has 0 aliphatic rings. The third kappa shape index (κ3) is 2.48. The van der Waals surface area contributed by atoms with Gasteiger partial charge in [-0.3, -0.25) is 0 Å². The summed E-state index contributed by atoms with van der Waals surface area (Å²) in [5, 5.41) is 1.97. The van der Waals surface area contributed by atoms with Crippen molar-refractivity contribution in [3.05, 3.63) is 58.3 Å². The molecule has 1 aromatic carbocycles. The first-order chi connectivity index (χ1) is 9.76. The lowest BCUT2D eigenvalue weighted by atomic mass is 10.1. The second-order valence-corrected chi connectivity index (χ2v) is 5.14. The molecule has 0 unspecified atom stereocenters. The minimum atomic E-state index is -0.353. The van der Waals surface area contributed by atoms with Gasteiger partial charge < -0.3 is 9.72 Å². The van der Waals surface area contributed by atoms with E-state index in [4.69, 9.17) is 4.74 Å². The van der Waals surface area contributed by atoms with Gasteiger partial charge in [0.25, 0.3) is 0 Å². The van der Waals surface area contributed by atoms with Crippen LogP contribution in [0.5, 0.6) is 5.75 Å². The zero-order valence-electron chi connectivity index (χ0n) is 10.8. The molecule has 0 saturated carbocycles. The van der Waals surface area contributed by atoms with Crippen molar-refractivity contribution >= 4 is 11.3 Å². The molecule has 0 spiro atoms. The molecule has 3 aromatic rings. The number of benzene rings is 1. The van der Waals surface area contributed by atoms with E-state index in [1.165, 1.54) is 0 Å². The number of methoxy groups -OCH3 is 1. The molecule has 0 aliphatic heterocycles. The van der Waals surface area contributed by atoms with E-state index in [-0.39, 0.29) is 5.69 Å². The van der Waals surface area contributed by atoms with Crippen LogP contribution in [0.2, 0.25) is 0 Å². The molecule has 100 valence electrons. The number of nitrogens with zero attached hydrogens (tertiary/aromatic N) is 1. The van der Waals surface area contributed by atoms with Crippen LogP contribution in [-0.4, -0.2) is 17.1 Å². The van der Waals surface area contributed by atoms with Crippen LogP contribution in [0.3, 0.4) is 0 Å². The van der Waals surface area contributed by atoms with Crippen molar-refractivity contribution in [1.29, 1.82) is 0 Å². The number of ether oxygens (including phenoxy) is 1. The van der Waals surface area contributed by atoms with Crippen molar-refractivity contribution in [3.8, 4) is 27.6 Å². The molecule has 4 nitrogen and oxygen atoms in total. The average molecular weight is 284 g/mol. The monoisotopic (exact) mass is 284 g/mol. The smallest absolute Gasteiger partial charge is 0.345 e. The summed E-state index contributed by atoms with van der Waals surface area (Å²) in [4.78, 5) is 19.5. The third-order valence-corrected chi connectivity index (χ3v) is 3.80. The summed E-state index contributed by atoms with van der Waals surface area (Å²) in [6.45, 7) is 0. The molecule has 0 radical (unpaired) electrons. The van der Waals surface area contributed by atoms with Crippen LogP contribution in [0, 0.1) is 0 Å². The molecule has 1 N–H and O–H groups in total. The predicted molar refractivity (Wildman–Crippen MR) is 80.2 cm³/mol. The van der Waals surface area contributed by atoms with Gasteiger partial charge in [0, 0.05) is 5.56 Å². The molecule has 0 atom stereocenters. The summed E-state index contributed by atoms with van der Waals surface area (Å²) in [5.41, 5.74) is 1.91. The van der Waals surface area contributed by atoms with Gasteiger partial charge in [-0.25, -0.2) is 4.79 Å². The number of rotatable bonds is 3. The Balaban J connectivity index is 2.12. The number of thiophene rings is 1. The van der Waals surface area contributed by atoms with E-state index in [0.29, 0.717) is 5.69 Å². The Morgan fingerprint density at radius 1 is 1.20 bits per heavy atom. The summed E-state index contributed by atoms with van der Waals surface area (Å²) < 4.78 is 5.20. The molecule has 5 heteroatoms. The highest BCUT2D eigenvalue weighted by atomic mass is 32.1. The van der Waals surface area contributed by atoms with Crippen LogP contribution < -0.4 is 10.4 Å². The quantitative estimate of drug-likeness (QED) is 0.803. The first-order valence-corrected chi connectivity index (χ1v) is 6.94. The van der Waals surface area contributed by atoms with Crippen molar-refractivity contribution in [1.82, 2.24) is 9.97 Å². The second-order valence-electron chi connectivity index (χ2n) is 4.19. The fourth-order valence-electron chi connectivity index (χ4n) is 1.95.